The first-order valence-electron chi connectivity index (χ1n) is 14.5. The molecule has 2 aliphatic heterocycles. The molecule has 2 N–H and O–H groups in total. The van der Waals surface area contributed by atoms with Gasteiger partial charge in [-0.2, -0.15) is 0 Å². The molecule has 2 aromatic heterocycles. The van der Waals surface area contributed by atoms with E-state index in [0.717, 1.165) is 19.6 Å². The van der Waals surface area contributed by atoms with Gasteiger partial charge in [0.05, 0.1) is 0 Å². The van der Waals surface area contributed by atoms with Crippen LogP contribution >= 0.6 is 0 Å². The molecule has 0 spiro atoms. The van der Waals surface area contributed by atoms with Gasteiger partial charge in [0.15, 0.2) is 0 Å². The Morgan fingerprint density at radius 1 is 1.20 bits per heavy atom. The number of ether oxygens (including phenoxy) is 2. The number of benzene rings is 2. The van der Waals surface area contributed by atoms with Crippen LogP contribution in [0.25, 0.3) is 22.3 Å². The van der Waals surface area contributed by atoms with Crippen molar-refractivity contribution < 1.29 is 18.7 Å². The van der Waals surface area contributed by atoms with Gasteiger partial charge in [0, 0.05) is 6.07 Å². The van der Waals surface area contributed by atoms with Crippen molar-refractivity contribution in [3.05, 3.63) is 72.3 Å². The average Bonchev–Trinajstić information content (AvgIpc) is 3.39. The molecule has 0 saturated carbocycles. The Labute approximate surface area is 261 Å². The van der Waals surface area contributed by atoms with Crippen LogP contribution in [0.2, 0.25) is 8.91 Å². The first-order valence-corrected chi connectivity index (χ1v) is 16.8. The number of carbonyl (C=O) groups is 1. The molecule has 2 atom stereocenters. The number of anilines is 1. The van der Waals surface area contributed by atoms with E-state index in [2.05, 4.69) is 29.9 Å². The van der Waals surface area contributed by atoms with Gasteiger partial charge in [-0.05, 0) is 18.2 Å². The van der Waals surface area contributed by atoms with Gasteiger partial charge in [-0.25, -0.2) is 4.39 Å². The molecule has 226 valence electrons. The van der Waals surface area contributed by atoms with Crippen LogP contribution < -0.4 is 10.5 Å². The summed E-state index contributed by atoms with van der Waals surface area (Å²) >= 11 is -0.445. The minimum absolute atomic E-state index is 0.164. The molecule has 2 aromatic carbocycles. The van der Waals surface area contributed by atoms with Crippen molar-refractivity contribution in [2.24, 2.45) is 0 Å². The fourth-order valence-corrected chi connectivity index (χ4v) is 9.24. The van der Waals surface area contributed by atoms with Crippen LogP contribution in [0.3, 0.4) is 0 Å². The second-order valence-electron chi connectivity index (χ2n) is 11.6. The number of nitrogens with two attached hydrogens (primary N) is 1. The van der Waals surface area contributed by atoms with Crippen LogP contribution in [0.15, 0.2) is 66.5 Å². The molecule has 0 radical (unpaired) electrons. The number of aromatic nitrogens is 4. The fraction of sp³-hybridized carbons (Fsp3) is 0.344. The molecule has 10 nitrogen and oxygen atoms in total. The van der Waals surface area contributed by atoms with Gasteiger partial charge < -0.3 is 4.74 Å². The zero-order valence-corrected chi connectivity index (χ0v) is 26.6. The molecule has 2 unspecified atom stereocenters. The summed E-state index contributed by atoms with van der Waals surface area (Å²) in [6, 6.07) is 15.6. The Hall–Kier alpha value is -4.26. The molecule has 1 amide bonds. The molecule has 12 heteroatoms. The van der Waals surface area contributed by atoms with E-state index >= 15 is 4.39 Å². The Balaban J connectivity index is 1.28. The number of rotatable bonds is 8. The Kier molecular flexibility index (Phi) is 8.39. The molecule has 0 bridgehead atoms. The van der Waals surface area contributed by atoms with Crippen molar-refractivity contribution in [1.82, 2.24) is 24.6 Å². The predicted molar refractivity (Wildman–Crippen MR) is 166 cm³/mol. The van der Waals surface area contributed by atoms with E-state index in [0.29, 0.717) is 52.4 Å². The molecule has 6 rings (SSSR count). The van der Waals surface area contributed by atoms with Gasteiger partial charge in [-0.1, -0.05) is 18.2 Å². The van der Waals surface area contributed by atoms with Gasteiger partial charge in [0.1, 0.15) is 11.5 Å². The van der Waals surface area contributed by atoms with E-state index in [1.54, 1.807) is 33.8 Å². The average molecular weight is 658 g/mol. The summed E-state index contributed by atoms with van der Waals surface area (Å²) in [6.45, 7) is 6.58. The van der Waals surface area contributed by atoms with Crippen LogP contribution in [-0.2, 0) is 9.53 Å². The number of halogens is 1. The third-order valence-electron chi connectivity index (χ3n) is 7.79. The Morgan fingerprint density at radius 3 is 2.70 bits per heavy atom. The van der Waals surface area contributed by atoms with E-state index in [9.17, 15) is 10.1 Å². The maximum atomic E-state index is 15.6. The Morgan fingerprint density at radius 2 is 2.00 bits per heavy atom. The van der Waals surface area contributed by atoms with Crippen molar-refractivity contribution in [3.63, 3.8) is 0 Å². The standard InChI is InChI=1S/C32H33AsFN7O3/c1-32(2,33-21-17-43-18-21)14-20(15-35)31(42)40-12-6-7-22(16-40)41-30-27(29(36)37-19-38-30)28(39-41)25-11-10-24(13-26(25)34)44-23-8-4-3-5-9-23/h3-5,8-11,13-14,19,21-22,33H,6-7,12,16-18H2,1-2H3,(H2,36,37,38)/b20-14-. The fourth-order valence-electron chi connectivity index (χ4n) is 5.71. The van der Waals surface area contributed by atoms with Crippen molar-refractivity contribution >= 4 is 38.5 Å². The Bertz CT molecular complexity index is 1760. The monoisotopic (exact) mass is 657 g/mol. The number of piperidine rings is 1. The summed E-state index contributed by atoms with van der Waals surface area (Å²) in [4.78, 5) is 23.9. The SMILES string of the molecule is CC(C)(/C=C(/C#N)C(=O)N1CCCC(n2nc(-c3ccc(Oc4ccccc4)cc3F)c3c(N)ncnc32)C1)[AsH]C1COC1. The molecule has 2 aliphatic rings. The molecule has 44 heavy (non-hydrogen) atoms. The van der Waals surface area contributed by atoms with Crippen LogP contribution in [-0.4, -0.2) is 72.6 Å². The number of carbonyl (C=O) groups excluding carboxylic acids is 1. The van der Waals surface area contributed by atoms with E-state index in [-0.39, 0.29) is 33.1 Å². The number of nitriles is 1. The van der Waals surface area contributed by atoms with E-state index in [1.807, 2.05) is 24.3 Å². The van der Waals surface area contributed by atoms with Crippen molar-refractivity contribution in [2.45, 2.75) is 41.6 Å². The molecule has 2 fully saturated rings. The number of likely N-dealkylation sites (tertiary alicyclic amines) is 1. The van der Waals surface area contributed by atoms with E-state index < -0.39 is 21.6 Å². The number of fused-ring (bicyclic) bond motifs is 1. The van der Waals surface area contributed by atoms with E-state index in [1.165, 1.54) is 12.4 Å². The normalized spacial score (nSPS) is 18.0. The van der Waals surface area contributed by atoms with Gasteiger partial charge in [0.25, 0.3) is 0 Å². The van der Waals surface area contributed by atoms with Crippen molar-refractivity contribution in [3.8, 4) is 28.8 Å². The van der Waals surface area contributed by atoms with Crippen molar-refractivity contribution in [1.29, 1.82) is 5.26 Å². The summed E-state index contributed by atoms with van der Waals surface area (Å²) in [7, 11) is 0. The number of hydrogen-bond acceptors (Lipinski definition) is 8. The number of allylic oxidation sites excluding steroid dienone is 1. The second-order valence-corrected chi connectivity index (χ2v) is 16.6. The summed E-state index contributed by atoms with van der Waals surface area (Å²) in [5.41, 5.74) is 7.47. The number of para-hydroxylation sites is 1. The first kappa shape index (κ1) is 29.8. The van der Waals surface area contributed by atoms with Crippen LogP contribution in [0.1, 0.15) is 32.7 Å². The van der Waals surface area contributed by atoms with Crippen LogP contribution in [0, 0.1) is 17.1 Å². The zero-order valence-electron chi connectivity index (χ0n) is 24.5. The van der Waals surface area contributed by atoms with Gasteiger partial charge in [0.2, 0.25) is 0 Å². The van der Waals surface area contributed by atoms with E-state index in [4.69, 9.17) is 20.3 Å². The first-order chi connectivity index (χ1) is 21.2. The topological polar surface area (TPSA) is 132 Å². The summed E-state index contributed by atoms with van der Waals surface area (Å²) in [5, 5.41) is 15.2. The third-order valence-corrected chi connectivity index (χ3v) is 11.2. The van der Waals surface area contributed by atoms with Gasteiger partial charge >= 0.3 is 199 Å². The molecular formula is C32H33AsFN7O3. The summed E-state index contributed by atoms with van der Waals surface area (Å²) in [5.74, 6) is 0.307. The van der Waals surface area contributed by atoms with Gasteiger partial charge in [-0.3, -0.25) is 0 Å². The van der Waals surface area contributed by atoms with Crippen LogP contribution in [0.4, 0.5) is 10.2 Å². The molecule has 2 saturated heterocycles. The number of nitrogens with zero attached hydrogens (tertiary/aromatic N) is 6. The van der Waals surface area contributed by atoms with Crippen LogP contribution in [0.5, 0.6) is 11.5 Å². The quantitative estimate of drug-likeness (QED) is 0.158. The number of hydrogen-bond donors (Lipinski definition) is 1. The zero-order chi connectivity index (χ0) is 30.8. The molecule has 4 heterocycles. The summed E-state index contributed by atoms with van der Waals surface area (Å²) < 4.78 is 28.8. The summed E-state index contributed by atoms with van der Waals surface area (Å²) in [6.07, 6.45) is 4.64. The molecule has 0 aliphatic carbocycles. The third kappa shape index (κ3) is 6.19. The number of nitrogen functional groups attached to an aromatic ring is 1. The number of amides is 1. The predicted octanol–water partition coefficient (Wildman–Crippen LogP) is 5.07. The maximum absolute atomic E-state index is 15.6. The second kappa shape index (κ2) is 12.4. The van der Waals surface area contributed by atoms with Crippen molar-refractivity contribution in [2.75, 3.05) is 32.0 Å². The van der Waals surface area contributed by atoms with Gasteiger partial charge in [-0.15, -0.1) is 0 Å². The molecular weight excluding hydrogens is 624 g/mol. The minimum atomic E-state index is -0.531. The molecule has 4 aromatic rings.